The number of nitrogens with one attached hydrogen (secondary N) is 1. The molecule has 0 spiro atoms. The molecule has 26 heavy (non-hydrogen) atoms. The zero-order valence-corrected chi connectivity index (χ0v) is 15.5. The number of fused-ring (bicyclic) bond motifs is 1. The van der Waals surface area contributed by atoms with Crippen LogP contribution < -0.4 is 5.32 Å². The van der Waals surface area contributed by atoms with Gasteiger partial charge in [0, 0.05) is 44.4 Å². The minimum atomic E-state index is -0.980. The maximum absolute atomic E-state index is 12.4. The van der Waals surface area contributed by atoms with Gasteiger partial charge >= 0.3 is 0 Å². The number of carbonyl (C=O) groups excluding carboxylic acids is 1. The van der Waals surface area contributed by atoms with Crippen LogP contribution in [0.25, 0.3) is 0 Å². The first-order valence-electron chi connectivity index (χ1n) is 9.48. The second-order valence-electron chi connectivity index (χ2n) is 7.25. The lowest BCUT2D eigenvalue weighted by Crippen LogP contribution is -2.50. The molecule has 1 saturated heterocycles. The fourth-order valence-electron chi connectivity index (χ4n) is 3.52. The predicted molar refractivity (Wildman–Crippen MR) is 96.8 cm³/mol. The van der Waals surface area contributed by atoms with E-state index in [2.05, 4.69) is 29.0 Å². The summed E-state index contributed by atoms with van der Waals surface area (Å²) in [5.41, 5.74) is 2.55. The van der Waals surface area contributed by atoms with Crippen molar-refractivity contribution in [3.05, 3.63) is 29.1 Å². The number of hydrogen-bond donors (Lipinski definition) is 3. The maximum Gasteiger partial charge on any atom is 0.269 e. The smallest absolute Gasteiger partial charge is 0.269 e. The van der Waals surface area contributed by atoms with Gasteiger partial charge in [-0.25, -0.2) is 4.98 Å². The van der Waals surface area contributed by atoms with E-state index in [-0.39, 0.29) is 12.5 Å². The normalized spacial score (nSPS) is 27.6. The van der Waals surface area contributed by atoms with E-state index in [1.165, 1.54) is 5.56 Å². The van der Waals surface area contributed by atoms with E-state index in [4.69, 9.17) is 4.74 Å². The lowest BCUT2D eigenvalue weighted by molar-refractivity contribution is -0.132. The summed E-state index contributed by atoms with van der Waals surface area (Å²) in [6.45, 7) is 6.79. The van der Waals surface area contributed by atoms with E-state index in [9.17, 15) is 15.0 Å². The first kappa shape index (κ1) is 19.2. The molecule has 0 aromatic carbocycles. The number of rotatable bonds is 5. The van der Waals surface area contributed by atoms with E-state index in [0.717, 1.165) is 31.6 Å². The van der Waals surface area contributed by atoms with Gasteiger partial charge in [0.1, 0.15) is 17.9 Å². The Labute approximate surface area is 154 Å². The Kier molecular flexibility index (Phi) is 6.24. The van der Waals surface area contributed by atoms with Crippen molar-refractivity contribution in [2.24, 2.45) is 0 Å². The minimum absolute atomic E-state index is 0.150. The van der Waals surface area contributed by atoms with Gasteiger partial charge in [-0.3, -0.25) is 9.69 Å². The standard InChI is InChI=1S/C19H29N3O4/c1-3-12(2)22-8-6-14-13(11-22)4-5-15(21-14)19(25)20-10-17-18(24)16(23)7-9-26-17/h4-5,12,16-18,23-24H,3,6-11H2,1-2H3,(H,20,25). The van der Waals surface area contributed by atoms with Crippen LogP contribution in [0.2, 0.25) is 0 Å². The van der Waals surface area contributed by atoms with Crippen molar-refractivity contribution in [2.45, 2.75) is 64.0 Å². The lowest BCUT2D eigenvalue weighted by Gasteiger charge is -2.33. The molecule has 4 unspecified atom stereocenters. The van der Waals surface area contributed by atoms with Crippen LogP contribution >= 0.6 is 0 Å². The summed E-state index contributed by atoms with van der Waals surface area (Å²) in [4.78, 5) is 19.4. The lowest BCUT2D eigenvalue weighted by atomic mass is 10.0. The molecule has 4 atom stereocenters. The molecule has 0 saturated carbocycles. The molecule has 0 bridgehead atoms. The summed E-state index contributed by atoms with van der Waals surface area (Å²) >= 11 is 0. The van der Waals surface area contributed by atoms with Crippen molar-refractivity contribution in [1.82, 2.24) is 15.2 Å². The number of amides is 1. The highest BCUT2D eigenvalue weighted by Crippen LogP contribution is 2.20. The number of aromatic nitrogens is 1. The Balaban J connectivity index is 1.59. The first-order chi connectivity index (χ1) is 12.5. The molecule has 2 aliphatic heterocycles. The topological polar surface area (TPSA) is 94.9 Å². The average Bonchev–Trinajstić information content (AvgIpc) is 2.67. The summed E-state index contributed by atoms with van der Waals surface area (Å²) in [6, 6.07) is 4.28. The monoisotopic (exact) mass is 363 g/mol. The Bertz CT molecular complexity index is 639. The Morgan fingerprint density at radius 1 is 1.46 bits per heavy atom. The van der Waals surface area contributed by atoms with E-state index < -0.39 is 18.3 Å². The highest BCUT2D eigenvalue weighted by atomic mass is 16.5. The molecule has 144 valence electrons. The largest absolute Gasteiger partial charge is 0.390 e. The summed E-state index contributed by atoms with van der Waals surface area (Å²) in [5.74, 6) is -0.284. The van der Waals surface area contributed by atoms with Crippen LogP contribution in [0.5, 0.6) is 0 Å². The molecule has 3 heterocycles. The number of pyridine rings is 1. The fraction of sp³-hybridized carbons (Fsp3) is 0.684. The SMILES string of the molecule is CCC(C)N1CCc2nc(C(=O)NCC3OCCC(O)C3O)ccc2C1. The second kappa shape index (κ2) is 8.43. The Morgan fingerprint density at radius 3 is 3.04 bits per heavy atom. The highest BCUT2D eigenvalue weighted by molar-refractivity contribution is 5.92. The molecule has 1 fully saturated rings. The van der Waals surface area contributed by atoms with E-state index >= 15 is 0 Å². The molecule has 1 aromatic heterocycles. The van der Waals surface area contributed by atoms with Gasteiger partial charge in [0.15, 0.2) is 0 Å². The van der Waals surface area contributed by atoms with Crippen LogP contribution in [0.1, 0.15) is 48.4 Å². The summed E-state index contributed by atoms with van der Waals surface area (Å²) < 4.78 is 5.43. The zero-order chi connectivity index (χ0) is 18.7. The number of ether oxygens (including phenoxy) is 1. The van der Waals surface area contributed by atoms with Crippen LogP contribution in [0, 0.1) is 0 Å². The van der Waals surface area contributed by atoms with E-state index in [1.54, 1.807) is 6.07 Å². The van der Waals surface area contributed by atoms with Crippen molar-refractivity contribution in [3.8, 4) is 0 Å². The molecule has 7 nitrogen and oxygen atoms in total. The molecular weight excluding hydrogens is 334 g/mol. The molecule has 2 aliphatic rings. The predicted octanol–water partition coefficient (Wildman–Crippen LogP) is 0.479. The van der Waals surface area contributed by atoms with Crippen molar-refractivity contribution < 1.29 is 19.7 Å². The second-order valence-corrected chi connectivity index (χ2v) is 7.25. The van der Waals surface area contributed by atoms with Gasteiger partial charge in [-0.2, -0.15) is 0 Å². The zero-order valence-electron chi connectivity index (χ0n) is 15.5. The van der Waals surface area contributed by atoms with Gasteiger partial charge in [0.2, 0.25) is 0 Å². The Morgan fingerprint density at radius 2 is 2.27 bits per heavy atom. The third-order valence-electron chi connectivity index (χ3n) is 5.51. The Hall–Kier alpha value is -1.54. The number of aliphatic hydroxyl groups is 2. The summed E-state index contributed by atoms with van der Waals surface area (Å²) in [7, 11) is 0. The van der Waals surface area contributed by atoms with Crippen LogP contribution in [-0.4, -0.2) is 70.1 Å². The van der Waals surface area contributed by atoms with Crippen LogP contribution in [-0.2, 0) is 17.7 Å². The van der Waals surface area contributed by atoms with Crippen LogP contribution in [0.15, 0.2) is 12.1 Å². The third kappa shape index (κ3) is 4.23. The molecule has 1 amide bonds. The van der Waals surface area contributed by atoms with Crippen LogP contribution in [0.4, 0.5) is 0 Å². The maximum atomic E-state index is 12.4. The van der Waals surface area contributed by atoms with Crippen LogP contribution in [0.3, 0.4) is 0 Å². The van der Waals surface area contributed by atoms with Crippen molar-refractivity contribution >= 4 is 5.91 Å². The van der Waals surface area contributed by atoms with Gasteiger partial charge in [-0.05, 0) is 31.4 Å². The minimum Gasteiger partial charge on any atom is -0.390 e. The van der Waals surface area contributed by atoms with Crippen molar-refractivity contribution in [3.63, 3.8) is 0 Å². The van der Waals surface area contributed by atoms with E-state index in [1.807, 2.05) is 6.07 Å². The summed E-state index contributed by atoms with van der Waals surface area (Å²) in [5, 5.41) is 22.4. The van der Waals surface area contributed by atoms with Crippen molar-refractivity contribution in [2.75, 3.05) is 19.7 Å². The third-order valence-corrected chi connectivity index (χ3v) is 5.51. The van der Waals surface area contributed by atoms with Crippen molar-refractivity contribution in [1.29, 1.82) is 0 Å². The number of carbonyl (C=O) groups is 1. The molecule has 0 radical (unpaired) electrons. The van der Waals surface area contributed by atoms with E-state index in [0.29, 0.717) is 24.8 Å². The van der Waals surface area contributed by atoms with Gasteiger partial charge < -0.3 is 20.3 Å². The molecular formula is C19H29N3O4. The molecule has 3 N–H and O–H groups in total. The van der Waals surface area contributed by atoms with Gasteiger partial charge in [0.25, 0.3) is 5.91 Å². The molecule has 3 rings (SSSR count). The quantitative estimate of drug-likeness (QED) is 0.704. The number of hydrogen-bond acceptors (Lipinski definition) is 6. The van der Waals surface area contributed by atoms with Gasteiger partial charge in [-0.1, -0.05) is 13.0 Å². The molecule has 1 aromatic rings. The highest BCUT2D eigenvalue weighted by Gasteiger charge is 2.31. The fourth-order valence-corrected chi connectivity index (χ4v) is 3.52. The van der Waals surface area contributed by atoms with Gasteiger partial charge in [-0.15, -0.1) is 0 Å². The molecule has 0 aliphatic carbocycles. The summed E-state index contributed by atoms with van der Waals surface area (Å²) in [6.07, 6.45) is -0.00618. The average molecular weight is 363 g/mol. The first-order valence-corrected chi connectivity index (χ1v) is 9.48. The van der Waals surface area contributed by atoms with Gasteiger partial charge in [0.05, 0.1) is 6.10 Å². The number of aliphatic hydroxyl groups excluding tert-OH is 2. The molecule has 7 heteroatoms. The number of nitrogens with zero attached hydrogens (tertiary/aromatic N) is 2.